The van der Waals surface area contributed by atoms with Crippen LogP contribution in [-0.4, -0.2) is 0 Å². The lowest BCUT2D eigenvalue weighted by Crippen LogP contribution is -1.75. The number of fused-ring (bicyclic) bond motifs is 2. The normalized spacial score (nSPS) is 11.4. The zero-order valence-electron chi connectivity index (χ0n) is 5.65. The fraction of sp³-hybridized carbons (Fsp3) is 0.250. The summed E-state index contributed by atoms with van der Waals surface area (Å²) in [6.45, 7) is 2.03. The molecule has 0 spiro atoms. The molecule has 0 fully saturated rings. The minimum Gasteiger partial charge on any atom is -0.457 e. The second-order valence-corrected chi connectivity index (χ2v) is 2.73. The van der Waals surface area contributed by atoms with Crippen molar-refractivity contribution in [2.45, 2.75) is 12.8 Å². The fourth-order valence-electron chi connectivity index (χ4n) is 1.23. The third-order valence-corrected chi connectivity index (χ3v) is 1.98. The van der Waals surface area contributed by atoms with E-state index in [4.69, 9.17) is 16.0 Å². The van der Waals surface area contributed by atoms with E-state index in [2.05, 4.69) is 0 Å². The topological polar surface area (TPSA) is 13.1 Å². The van der Waals surface area contributed by atoms with E-state index in [0.29, 0.717) is 5.88 Å². The van der Waals surface area contributed by atoms with Crippen LogP contribution in [-0.2, 0) is 5.88 Å². The molecule has 2 heteroatoms. The molecule has 2 aromatic heterocycles. The highest BCUT2D eigenvalue weighted by Gasteiger charge is 2.08. The van der Waals surface area contributed by atoms with E-state index in [9.17, 15) is 0 Å². The molecule has 52 valence electrons. The molecule has 2 aromatic rings. The predicted octanol–water partition coefficient (Wildman–Crippen LogP) is 2.92. The van der Waals surface area contributed by atoms with E-state index in [1.54, 1.807) is 0 Å². The van der Waals surface area contributed by atoms with Gasteiger partial charge in [-0.15, -0.1) is 11.6 Å². The first-order valence-corrected chi connectivity index (χ1v) is 3.72. The van der Waals surface area contributed by atoms with Crippen LogP contribution in [0.2, 0.25) is 0 Å². The lowest BCUT2D eigenvalue weighted by molar-refractivity contribution is 0.672. The average molecular weight is 155 g/mol. The largest absolute Gasteiger partial charge is 0.457 e. The number of hydrogen-bond donors (Lipinski definition) is 0. The molecule has 0 aliphatic carbocycles. The molecule has 0 aliphatic heterocycles. The second-order valence-electron chi connectivity index (χ2n) is 2.46. The quantitative estimate of drug-likeness (QED) is 0.576. The van der Waals surface area contributed by atoms with E-state index >= 15 is 0 Å². The van der Waals surface area contributed by atoms with Crippen LogP contribution in [0, 0.1) is 6.92 Å². The van der Waals surface area contributed by atoms with Gasteiger partial charge in [0.25, 0.3) is 0 Å². The van der Waals surface area contributed by atoms with Gasteiger partial charge in [0.15, 0.2) is 0 Å². The zero-order valence-corrected chi connectivity index (χ0v) is 6.40. The Bertz CT molecular complexity index is 337. The number of benzene rings is 1. The highest BCUT2D eigenvalue weighted by molar-refractivity contribution is 6.17. The van der Waals surface area contributed by atoms with Crippen molar-refractivity contribution < 1.29 is 4.42 Å². The van der Waals surface area contributed by atoms with Crippen molar-refractivity contribution in [3.8, 4) is 0 Å². The number of alkyl halides is 1. The van der Waals surface area contributed by atoms with Gasteiger partial charge in [-0.25, -0.2) is 0 Å². The SMILES string of the molecule is Cc1cc2cc(CCl)c1o2. The zero-order chi connectivity index (χ0) is 7.14. The van der Waals surface area contributed by atoms with Crippen LogP contribution in [0.15, 0.2) is 16.5 Å². The first kappa shape index (κ1) is 6.05. The molecule has 2 bridgehead atoms. The molecule has 0 unspecified atom stereocenters. The summed E-state index contributed by atoms with van der Waals surface area (Å²) in [5, 5.41) is 0. The third kappa shape index (κ3) is 0.641. The van der Waals surface area contributed by atoms with Crippen LogP contribution in [0.4, 0.5) is 0 Å². The Hall–Kier alpha value is -0.690. The Balaban J connectivity index is 2.74. The van der Waals surface area contributed by atoms with E-state index in [1.165, 1.54) is 5.56 Å². The second kappa shape index (κ2) is 1.89. The van der Waals surface area contributed by atoms with E-state index in [0.717, 1.165) is 16.7 Å². The molecule has 0 aromatic carbocycles. The van der Waals surface area contributed by atoms with Gasteiger partial charge >= 0.3 is 0 Å². The van der Waals surface area contributed by atoms with E-state index < -0.39 is 0 Å². The number of halogens is 1. The van der Waals surface area contributed by atoms with Gasteiger partial charge in [-0.2, -0.15) is 0 Å². The van der Waals surface area contributed by atoms with E-state index in [1.807, 2.05) is 19.1 Å². The monoisotopic (exact) mass is 154 g/mol. The van der Waals surface area contributed by atoms with Gasteiger partial charge in [0.2, 0.25) is 0 Å². The lowest BCUT2D eigenvalue weighted by Gasteiger charge is -1.89. The molecule has 0 atom stereocenters. The summed E-state index contributed by atoms with van der Waals surface area (Å²) >= 11 is 5.66. The Kier molecular flexibility index (Phi) is 1.15. The summed E-state index contributed by atoms with van der Waals surface area (Å²) in [5.74, 6) is 0.546. The average Bonchev–Trinajstić information content (AvgIpc) is 2.44. The van der Waals surface area contributed by atoms with Crippen LogP contribution in [0.25, 0.3) is 11.2 Å². The summed E-state index contributed by atoms with van der Waals surface area (Å²) in [7, 11) is 0. The van der Waals surface area contributed by atoms with Crippen LogP contribution in [0.1, 0.15) is 11.1 Å². The molecule has 10 heavy (non-hydrogen) atoms. The summed E-state index contributed by atoms with van der Waals surface area (Å²) in [6.07, 6.45) is 0. The highest BCUT2D eigenvalue weighted by Crippen LogP contribution is 2.27. The van der Waals surface area contributed by atoms with Crippen molar-refractivity contribution in [1.29, 1.82) is 0 Å². The molecular weight excluding hydrogens is 148 g/mol. The first-order valence-electron chi connectivity index (χ1n) is 3.18. The standard InChI is InChI=1S/C8H7ClO/c1-5-2-7-3-6(4-9)8(5)10-7/h2-3H,4H2,1H3. The van der Waals surface area contributed by atoms with Gasteiger partial charge < -0.3 is 4.42 Å². The van der Waals surface area contributed by atoms with Crippen molar-refractivity contribution in [3.63, 3.8) is 0 Å². The maximum Gasteiger partial charge on any atom is 0.135 e. The molecule has 0 radical (unpaired) electrons. The third-order valence-electron chi connectivity index (χ3n) is 1.69. The van der Waals surface area contributed by atoms with Crippen molar-refractivity contribution in [1.82, 2.24) is 0 Å². The summed E-state index contributed by atoms with van der Waals surface area (Å²) in [5.41, 5.74) is 4.19. The number of aryl methyl sites for hydroxylation is 1. The number of furan rings is 2. The van der Waals surface area contributed by atoms with Crippen molar-refractivity contribution in [2.24, 2.45) is 0 Å². The highest BCUT2D eigenvalue weighted by atomic mass is 35.5. The summed E-state index contributed by atoms with van der Waals surface area (Å²) in [6, 6.07) is 4.00. The molecule has 0 N–H and O–H groups in total. The first-order chi connectivity index (χ1) is 4.81. The molecule has 0 amide bonds. The van der Waals surface area contributed by atoms with Gasteiger partial charge in [-0.05, 0) is 24.6 Å². The number of rotatable bonds is 1. The van der Waals surface area contributed by atoms with Crippen molar-refractivity contribution in [3.05, 3.63) is 23.3 Å². The van der Waals surface area contributed by atoms with Gasteiger partial charge in [0.05, 0.1) is 5.88 Å². The maximum atomic E-state index is 5.66. The molecular formula is C8H7ClO. The van der Waals surface area contributed by atoms with Gasteiger partial charge in [0, 0.05) is 5.56 Å². The van der Waals surface area contributed by atoms with Crippen molar-refractivity contribution >= 4 is 22.8 Å². The number of hydrogen-bond acceptors (Lipinski definition) is 1. The minimum atomic E-state index is 0.546. The van der Waals surface area contributed by atoms with Gasteiger partial charge in [-0.1, -0.05) is 0 Å². The summed E-state index contributed by atoms with van der Waals surface area (Å²) < 4.78 is 5.35. The maximum absolute atomic E-state index is 5.66. The van der Waals surface area contributed by atoms with E-state index in [-0.39, 0.29) is 0 Å². The molecule has 0 saturated carbocycles. The van der Waals surface area contributed by atoms with Crippen LogP contribution < -0.4 is 0 Å². The Morgan fingerprint density at radius 2 is 2.30 bits per heavy atom. The van der Waals surface area contributed by atoms with Crippen LogP contribution in [0.3, 0.4) is 0 Å². The minimum absolute atomic E-state index is 0.546. The fourth-order valence-corrected chi connectivity index (χ4v) is 1.43. The Morgan fingerprint density at radius 3 is 2.70 bits per heavy atom. The predicted molar refractivity (Wildman–Crippen MR) is 41.7 cm³/mol. The molecule has 2 rings (SSSR count). The smallest absolute Gasteiger partial charge is 0.135 e. The molecule has 0 saturated heterocycles. The lowest BCUT2D eigenvalue weighted by atomic mass is 10.2. The van der Waals surface area contributed by atoms with Crippen LogP contribution >= 0.6 is 11.6 Å². The van der Waals surface area contributed by atoms with Gasteiger partial charge in [0.1, 0.15) is 11.2 Å². The Morgan fingerprint density at radius 1 is 1.50 bits per heavy atom. The summed E-state index contributed by atoms with van der Waals surface area (Å²) in [4.78, 5) is 0. The van der Waals surface area contributed by atoms with Crippen molar-refractivity contribution in [2.75, 3.05) is 0 Å². The molecule has 0 aliphatic rings. The van der Waals surface area contributed by atoms with Gasteiger partial charge in [-0.3, -0.25) is 0 Å². The molecule has 2 heterocycles. The molecule has 1 nitrogen and oxygen atoms in total. The Labute approximate surface area is 63.9 Å². The van der Waals surface area contributed by atoms with Crippen LogP contribution in [0.5, 0.6) is 0 Å².